The highest BCUT2D eigenvalue weighted by molar-refractivity contribution is 5.98. The lowest BCUT2D eigenvalue weighted by molar-refractivity contribution is -0.155. The third-order valence-electron chi connectivity index (χ3n) is 11.8. The van der Waals surface area contributed by atoms with Gasteiger partial charge in [-0.05, 0) is 87.4 Å². The standard InChI is InChI=1S/C42H50F2N8O9/c1-23-17-42(21-53)22-61-25(3)35(49-36(55)32(14-27-12-28(43)15-29(44)13-27)48-41(60)47-30-9-7-26(18-45)8-10-30)40(59)51-20-31(54)16-34(51)39(58)50-11-5-4-6-33(50)37(56)46-24(2)38(57)52(42)19-23/h7-10,12-13,15,21,23-25,31-35,54H,4-6,11,14,16-17,19-20,22H2,1-3H3,(H,46,56)(H,49,55)(H2,47,48,60)/t23-,24+,25+,31-,32+,33+,34+,35+,42?/m1/s1. The van der Waals surface area contributed by atoms with Gasteiger partial charge in [-0.3, -0.25) is 24.0 Å². The van der Waals surface area contributed by atoms with Crippen molar-refractivity contribution in [2.24, 2.45) is 5.92 Å². The number of halogens is 2. The Balaban J connectivity index is 1.36. The summed E-state index contributed by atoms with van der Waals surface area (Å²) in [4.78, 5) is 101. The minimum atomic E-state index is -1.66. The van der Waals surface area contributed by atoms with Gasteiger partial charge in [0, 0.05) is 44.2 Å². The van der Waals surface area contributed by atoms with E-state index < -0.39 is 108 Å². The molecule has 326 valence electrons. The van der Waals surface area contributed by atoms with Gasteiger partial charge in [0.25, 0.3) is 0 Å². The first-order chi connectivity index (χ1) is 29.0. The van der Waals surface area contributed by atoms with Crippen molar-refractivity contribution in [3.8, 4) is 6.07 Å². The van der Waals surface area contributed by atoms with E-state index in [-0.39, 0.29) is 56.1 Å². The molecule has 9 atom stereocenters. The normalized spacial score (nSPS) is 29.1. The smallest absolute Gasteiger partial charge is 0.319 e. The molecule has 0 aromatic heterocycles. The average molecular weight is 849 g/mol. The van der Waals surface area contributed by atoms with Crippen LogP contribution in [0, 0.1) is 28.9 Å². The van der Waals surface area contributed by atoms with E-state index >= 15 is 0 Å². The molecule has 0 spiro atoms. The van der Waals surface area contributed by atoms with Gasteiger partial charge in [-0.1, -0.05) is 6.92 Å². The Kier molecular flexibility index (Phi) is 13.7. The van der Waals surface area contributed by atoms with Crippen molar-refractivity contribution >= 4 is 47.5 Å². The van der Waals surface area contributed by atoms with Crippen molar-refractivity contribution < 1.29 is 52.2 Å². The molecule has 0 bridgehead atoms. The minimum absolute atomic E-state index is 0.0272. The van der Waals surface area contributed by atoms with E-state index in [0.29, 0.717) is 30.8 Å². The maximum Gasteiger partial charge on any atom is 0.319 e. The zero-order valence-corrected chi connectivity index (χ0v) is 34.1. The predicted octanol–water partition coefficient (Wildman–Crippen LogP) is 1.13. The van der Waals surface area contributed by atoms with Crippen LogP contribution in [-0.4, -0.2) is 136 Å². The summed E-state index contributed by atoms with van der Waals surface area (Å²) in [5.41, 5.74) is -1.00. The van der Waals surface area contributed by atoms with Crippen LogP contribution in [0.4, 0.5) is 19.3 Å². The third kappa shape index (κ3) is 9.97. The molecule has 19 heteroatoms. The number of carbonyl (C=O) groups is 7. The number of fused-ring (bicyclic) bond motifs is 3. The number of nitriles is 1. The van der Waals surface area contributed by atoms with Crippen LogP contribution >= 0.6 is 0 Å². The molecule has 5 N–H and O–H groups in total. The second-order valence-electron chi connectivity index (χ2n) is 16.5. The first-order valence-electron chi connectivity index (χ1n) is 20.3. The number of nitrogens with zero attached hydrogens (tertiary/aromatic N) is 4. The first-order valence-corrected chi connectivity index (χ1v) is 20.3. The molecule has 6 rings (SSSR count). The summed E-state index contributed by atoms with van der Waals surface area (Å²) in [6.45, 7) is 4.31. The number of aldehydes is 1. The molecule has 0 radical (unpaired) electrons. The van der Waals surface area contributed by atoms with E-state index in [2.05, 4.69) is 21.3 Å². The number of carbonyl (C=O) groups excluding carboxylic acids is 7. The van der Waals surface area contributed by atoms with Crippen LogP contribution in [0.15, 0.2) is 42.5 Å². The van der Waals surface area contributed by atoms with Crippen molar-refractivity contribution in [1.29, 1.82) is 5.26 Å². The van der Waals surface area contributed by atoms with Gasteiger partial charge >= 0.3 is 6.03 Å². The zero-order chi connectivity index (χ0) is 44.2. The van der Waals surface area contributed by atoms with Gasteiger partial charge in [0.1, 0.15) is 53.7 Å². The number of hydrogen-bond donors (Lipinski definition) is 5. The van der Waals surface area contributed by atoms with Crippen LogP contribution in [0.25, 0.3) is 0 Å². The highest BCUT2D eigenvalue weighted by Gasteiger charge is 2.51. The van der Waals surface area contributed by atoms with E-state index in [1.807, 2.05) is 13.0 Å². The van der Waals surface area contributed by atoms with Crippen molar-refractivity contribution in [2.45, 2.75) is 107 Å². The number of rotatable bonds is 7. The molecule has 61 heavy (non-hydrogen) atoms. The van der Waals surface area contributed by atoms with Crippen molar-refractivity contribution in [3.05, 3.63) is 65.2 Å². The fraction of sp³-hybridized carbons (Fsp3) is 0.524. The van der Waals surface area contributed by atoms with Crippen LogP contribution in [-0.2, 0) is 39.9 Å². The summed E-state index contributed by atoms with van der Waals surface area (Å²) in [5.74, 6) is -5.72. The third-order valence-corrected chi connectivity index (χ3v) is 11.8. The van der Waals surface area contributed by atoms with Crippen LogP contribution in [0.1, 0.15) is 64.0 Å². The molecule has 7 amide bonds. The summed E-state index contributed by atoms with van der Waals surface area (Å²) >= 11 is 0. The molecule has 2 aromatic carbocycles. The number of hydrogen-bond acceptors (Lipinski definition) is 10. The summed E-state index contributed by atoms with van der Waals surface area (Å²) in [5, 5.41) is 30.4. The SMILES string of the molecule is C[C@H]1CN2C(=O)[C@H](C)NC(=O)[C@@H]3CCCCN3C(=O)[C@@H]3C[C@@H](O)CN3C(=O)[C@@H](NC(=O)[C@H](Cc3cc(F)cc(F)c3)NC(=O)Nc3ccc(C#N)cc3)[C@H](C)OCC2(C=O)C1. The molecule has 4 fully saturated rings. The largest absolute Gasteiger partial charge is 0.391 e. The van der Waals surface area contributed by atoms with Crippen LogP contribution in [0.2, 0.25) is 0 Å². The van der Waals surface area contributed by atoms with Gasteiger partial charge in [-0.2, -0.15) is 5.26 Å². The zero-order valence-electron chi connectivity index (χ0n) is 34.1. The van der Waals surface area contributed by atoms with Gasteiger partial charge in [-0.25, -0.2) is 13.6 Å². The molecule has 4 aliphatic rings. The summed E-state index contributed by atoms with van der Waals surface area (Å²) in [6, 6.07) is 2.76. The molecule has 4 aliphatic heterocycles. The lowest BCUT2D eigenvalue weighted by Crippen LogP contribution is -2.64. The number of urea groups is 1. The molecule has 2 aromatic rings. The topological polar surface area (TPSA) is 231 Å². The molecular weight excluding hydrogens is 799 g/mol. The minimum Gasteiger partial charge on any atom is -0.391 e. The Morgan fingerprint density at radius 3 is 2.38 bits per heavy atom. The highest BCUT2D eigenvalue weighted by atomic mass is 19.1. The average Bonchev–Trinajstić information content (AvgIpc) is 3.79. The van der Waals surface area contributed by atoms with Gasteiger partial charge in [0.2, 0.25) is 29.5 Å². The fourth-order valence-electron chi connectivity index (χ4n) is 8.73. The summed E-state index contributed by atoms with van der Waals surface area (Å²) in [7, 11) is 0. The van der Waals surface area contributed by atoms with Crippen molar-refractivity contribution in [3.63, 3.8) is 0 Å². The predicted molar refractivity (Wildman–Crippen MR) is 212 cm³/mol. The van der Waals surface area contributed by atoms with E-state index in [0.717, 1.165) is 17.0 Å². The van der Waals surface area contributed by atoms with Crippen LogP contribution < -0.4 is 21.3 Å². The lowest BCUT2D eigenvalue weighted by Gasteiger charge is -2.41. The Hall–Kier alpha value is -6.00. The Morgan fingerprint density at radius 1 is 1.00 bits per heavy atom. The molecule has 4 saturated heterocycles. The quantitative estimate of drug-likeness (QED) is 0.250. The molecular formula is C42H50F2N8O9. The van der Waals surface area contributed by atoms with Gasteiger partial charge < -0.3 is 50.6 Å². The van der Waals surface area contributed by atoms with E-state index in [1.54, 1.807) is 0 Å². The Labute approximate surface area is 351 Å². The maximum absolute atomic E-state index is 14.8. The number of benzene rings is 2. The van der Waals surface area contributed by atoms with Crippen molar-refractivity contribution in [2.75, 3.05) is 31.6 Å². The van der Waals surface area contributed by atoms with E-state index in [4.69, 9.17) is 10.00 Å². The Bertz CT molecular complexity index is 2060. The van der Waals surface area contributed by atoms with Crippen molar-refractivity contribution in [1.82, 2.24) is 30.7 Å². The Morgan fingerprint density at radius 2 is 1.70 bits per heavy atom. The number of anilines is 1. The number of ether oxygens (including phenoxy) is 1. The molecule has 17 nitrogen and oxygen atoms in total. The number of aliphatic hydroxyl groups excluding tert-OH is 1. The van der Waals surface area contributed by atoms with E-state index in [9.17, 15) is 47.4 Å². The highest BCUT2D eigenvalue weighted by Crippen LogP contribution is 2.34. The molecule has 0 aliphatic carbocycles. The van der Waals surface area contributed by atoms with Gasteiger partial charge in [0.05, 0.1) is 30.4 Å². The number of piperidine rings is 1. The number of amides is 7. The van der Waals surface area contributed by atoms with Gasteiger partial charge in [-0.15, -0.1) is 0 Å². The van der Waals surface area contributed by atoms with Gasteiger partial charge in [0.15, 0.2) is 0 Å². The van der Waals surface area contributed by atoms with Crippen LogP contribution in [0.5, 0.6) is 0 Å². The monoisotopic (exact) mass is 848 g/mol. The molecule has 0 saturated carbocycles. The van der Waals surface area contributed by atoms with E-state index in [1.165, 1.54) is 47.9 Å². The summed E-state index contributed by atoms with van der Waals surface area (Å²) < 4.78 is 35.0. The fourth-order valence-corrected chi connectivity index (χ4v) is 8.73. The number of nitrogens with one attached hydrogen (secondary N) is 4. The molecule has 4 heterocycles. The second-order valence-corrected chi connectivity index (χ2v) is 16.5. The molecule has 1 unspecified atom stereocenters. The lowest BCUT2D eigenvalue weighted by atomic mass is 9.94. The summed E-state index contributed by atoms with van der Waals surface area (Å²) in [6.07, 6.45) is -0.931. The number of aliphatic hydroxyl groups is 1. The second kappa shape index (κ2) is 18.7. The maximum atomic E-state index is 14.8. The van der Waals surface area contributed by atoms with Crippen LogP contribution in [0.3, 0.4) is 0 Å². The first kappa shape index (κ1) is 44.5.